The summed E-state index contributed by atoms with van der Waals surface area (Å²) in [5, 5.41) is 33.5. The lowest BCUT2D eigenvalue weighted by molar-refractivity contribution is -0.161. The number of carboxylic acids is 1. The maximum atomic E-state index is 12.9. The van der Waals surface area contributed by atoms with Gasteiger partial charge in [0.15, 0.2) is 0 Å². The molecule has 2 atom stereocenters. The van der Waals surface area contributed by atoms with Crippen LogP contribution in [-0.2, 0) is 25.5 Å². The van der Waals surface area contributed by atoms with E-state index in [9.17, 15) is 24.9 Å². The number of aliphatic carboxylic acids is 1. The van der Waals surface area contributed by atoms with Crippen LogP contribution in [0.2, 0.25) is 5.02 Å². The van der Waals surface area contributed by atoms with E-state index in [0.717, 1.165) is 11.8 Å². The number of aromatic hydroxyl groups is 2. The van der Waals surface area contributed by atoms with Crippen molar-refractivity contribution in [3.8, 4) is 11.5 Å². The summed E-state index contributed by atoms with van der Waals surface area (Å²) in [6, 6.07) is 0.955. The molecule has 1 aromatic rings. The summed E-state index contributed by atoms with van der Waals surface area (Å²) >= 11 is 6.26. The number of hydrogen-bond acceptors (Lipinski definition) is 8. The molecule has 0 saturated carbocycles. The maximum Gasteiger partial charge on any atom is 0.350 e. The Bertz CT molecular complexity index is 1020. The minimum atomic E-state index is -1.62. The van der Waals surface area contributed by atoms with Crippen LogP contribution in [0.15, 0.2) is 35.2 Å². The van der Waals surface area contributed by atoms with Crippen molar-refractivity contribution in [3.63, 3.8) is 0 Å². The molecule has 0 aromatic heterocycles. The second kappa shape index (κ2) is 9.12. The summed E-state index contributed by atoms with van der Waals surface area (Å²) in [6.07, 6.45) is 5.28. The molecule has 0 radical (unpaired) electrons. The molecule has 0 spiro atoms. The van der Waals surface area contributed by atoms with Crippen molar-refractivity contribution in [1.29, 1.82) is 0 Å². The van der Waals surface area contributed by atoms with E-state index in [1.165, 1.54) is 19.9 Å². The van der Waals surface area contributed by atoms with Gasteiger partial charge in [0.1, 0.15) is 35.0 Å². The number of nitrogens with zero attached hydrogens (tertiary/aromatic N) is 1. The van der Waals surface area contributed by atoms with Crippen molar-refractivity contribution >= 4 is 29.3 Å². The summed E-state index contributed by atoms with van der Waals surface area (Å²) in [5.41, 5.74) is -1.60. The standard InChI is InChI=1S/C22H24ClNO8/c1-11-7-14-9-13(31-14)6-4-5-12(24-32-22(2,3)21(28)29)8-15-18(20(27)30-11)16(25)10-17(26)19(15)23/h4-6,10-11,14,25-26H,7-9H2,1-3H3,(H,28,29)/b5-4+,13-6-,24-12?. The topological polar surface area (TPSA) is 135 Å². The molecule has 3 aliphatic heterocycles. The number of carbonyl (C=O) groups excluding carboxylic acids is 1. The quantitative estimate of drug-likeness (QED) is 0.454. The normalized spacial score (nSPS) is 25.2. The van der Waals surface area contributed by atoms with Crippen LogP contribution in [0.5, 0.6) is 11.5 Å². The third kappa shape index (κ3) is 5.16. The fourth-order valence-electron chi connectivity index (χ4n) is 3.19. The molecule has 3 heterocycles. The van der Waals surface area contributed by atoms with E-state index in [1.54, 1.807) is 19.1 Å². The number of oxime groups is 1. The first-order chi connectivity index (χ1) is 15.0. The number of rotatable bonds is 3. The number of halogens is 1. The van der Waals surface area contributed by atoms with Gasteiger partial charge in [-0.2, -0.15) is 0 Å². The zero-order chi connectivity index (χ0) is 23.6. The molecule has 1 fully saturated rings. The van der Waals surface area contributed by atoms with Gasteiger partial charge in [0.05, 0.1) is 10.7 Å². The van der Waals surface area contributed by atoms with Gasteiger partial charge in [0.2, 0.25) is 5.60 Å². The lowest BCUT2D eigenvalue weighted by Gasteiger charge is -2.32. The van der Waals surface area contributed by atoms with Gasteiger partial charge in [-0.3, -0.25) is 0 Å². The second-order valence-corrected chi connectivity index (χ2v) is 8.51. The molecule has 1 aromatic carbocycles. The molecule has 0 amide bonds. The molecule has 3 N–H and O–H groups in total. The van der Waals surface area contributed by atoms with Crippen molar-refractivity contribution in [1.82, 2.24) is 0 Å². The fourth-order valence-corrected chi connectivity index (χ4v) is 3.40. The first-order valence-electron chi connectivity index (χ1n) is 9.94. The minimum Gasteiger partial charge on any atom is -0.507 e. The lowest BCUT2D eigenvalue weighted by Crippen LogP contribution is -2.33. The number of phenolic OH excluding ortho intramolecular Hbond substituents is 2. The Hall–Kier alpha value is -3.20. The highest BCUT2D eigenvalue weighted by Crippen LogP contribution is 2.38. The van der Waals surface area contributed by atoms with Crippen molar-refractivity contribution in [2.45, 2.75) is 57.8 Å². The fraction of sp³-hybridized carbons (Fsp3) is 0.409. The van der Waals surface area contributed by atoms with Crippen molar-refractivity contribution in [2.75, 3.05) is 0 Å². The van der Waals surface area contributed by atoms with Gasteiger partial charge in [-0.05, 0) is 38.5 Å². The Balaban J connectivity index is 2.08. The first-order valence-corrected chi connectivity index (χ1v) is 10.3. The van der Waals surface area contributed by atoms with E-state index < -0.39 is 35.1 Å². The van der Waals surface area contributed by atoms with Crippen molar-refractivity contribution in [3.05, 3.63) is 46.2 Å². The maximum absolute atomic E-state index is 12.9. The number of hydrogen-bond donors (Lipinski definition) is 3. The second-order valence-electron chi connectivity index (χ2n) is 8.14. The largest absolute Gasteiger partial charge is 0.507 e. The highest BCUT2D eigenvalue weighted by atomic mass is 35.5. The molecule has 0 aliphatic carbocycles. The van der Waals surface area contributed by atoms with Crippen LogP contribution in [0.4, 0.5) is 0 Å². The average molecular weight is 466 g/mol. The number of benzene rings is 1. The number of allylic oxidation sites excluding steroid dienone is 3. The Morgan fingerprint density at radius 3 is 2.62 bits per heavy atom. The number of esters is 1. The SMILES string of the molecule is CC1CC2C/C(=C/C=C/C(=NOC(C)(C)C(=O)O)Cc3c(Cl)c(O)cc(O)c3C(=O)O1)O2. The van der Waals surface area contributed by atoms with Gasteiger partial charge in [-0.15, -0.1) is 0 Å². The lowest BCUT2D eigenvalue weighted by atomic mass is 9.98. The van der Waals surface area contributed by atoms with E-state index >= 15 is 0 Å². The zero-order valence-electron chi connectivity index (χ0n) is 17.8. The monoisotopic (exact) mass is 465 g/mol. The van der Waals surface area contributed by atoms with Crippen molar-refractivity contribution < 1.29 is 39.2 Å². The number of ether oxygens (including phenoxy) is 2. The van der Waals surface area contributed by atoms with Crippen LogP contribution in [0, 0.1) is 0 Å². The molecule has 4 rings (SSSR count). The van der Waals surface area contributed by atoms with Gasteiger partial charge >= 0.3 is 11.9 Å². The summed E-state index contributed by atoms with van der Waals surface area (Å²) in [5.74, 6) is -2.26. The number of phenols is 2. The van der Waals surface area contributed by atoms with Crippen molar-refractivity contribution in [2.24, 2.45) is 5.16 Å². The average Bonchev–Trinajstić information content (AvgIpc) is 2.66. The molecule has 9 nitrogen and oxygen atoms in total. The highest BCUT2D eigenvalue weighted by Gasteiger charge is 2.32. The number of carboxylic acid groups (broad SMARTS) is 1. The van der Waals surface area contributed by atoms with Gasteiger partial charge in [-0.25, -0.2) is 9.59 Å². The molecule has 10 heteroatoms. The molecule has 2 unspecified atom stereocenters. The van der Waals surface area contributed by atoms with Gasteiger partial charge in [-0.1, -0.05) is 22.8 Å². The predicted molar refractivity (Wildman–Crippen MR) is 115 cm³/mol. The predicted octanol–water partition coefficient (Wildman–Crippen LogP) is 3.71. The Morgan fingerprint density at radius 2 is 1.97 bits per heavy atom. The van der Waals surface area contributed by atoms with Crippen LogP contribution in [0.1, 0.15) is 49.5 Å². The third-order valence-electron chi connectivity index (χ3n) is 5.01. The molecular formula is C22H24ClNO8. The first kappa shape index (κ1) is 23.5. The molecule has 3 aliphatic rings. The van der Waals surface area contributed by atoms with Gasteiger partial charge < -0.3 is 29.6 Å². The summed E-state index contributed by atoms with van der Waals surface area (Å²) in [6.45, 7) is 4.36. The summed E-state index contributed by atoms with van der Waals surface area (Å²) < 4.78 is 11.1. The van der Waals surface area contributed by atoms with Gasteiger partial charge in [0.25, 0.3) is 0 Å². The molecule has 32 heavy (non-hydrogen) atoms. The van der Waals surface area contributed by atoms with E-state index in [1.807, 2.05) is 0 Å². The number of carbonyl (C=O) groups is 2. The van der Waals surface area contributed by atoms with E-state index in [0.29, 0.717) is 12.8 Å². The molecule has 2 bridgehead atoms. The van der Waals surface area contributed by atoms with Crippen LogP contribution in [-0.4, -0.2) is 50.8 Å². The molecular weight excluding hydrogens is 442 g/mol. The van der Waals surface area contributed by atoms with E-state index in [2.05, 4.69) is 5.16 Å². The Kier molecular flexibility index (Phi) is 6.68. The number of fused-ring (bicyclic) bond motifs is 6. The van der Waals surface area contributed by atoms with Crippen LogP contribution in [0.3, 0.4) is 0 Å². The van der Waals surface area contributed by atoms with E-state index in [4.69, 9.17) is 25.9 Å². The Morgan fingerprint density at radius 1 is 1.28 bits per heavy atom. The zero-order valence-corrected chi connectivity index (χ0v) is 18.5. The highest BCUT2D eigenvalue weighted by molar-refractivity contribution is 6.33. The molecule has 172 valence electrons. The van der Waals surface area contributed by atoms with Crippen LogP contribution < -0.4 is 0 Å². The third-order valence-corrected chi connectivity index (χ3v) is 5.43. The van der Waals surface area contributed by atoms with Crippen LogP contribution >= 0.6 is 11.6 Å². The minimum absolute atomic E-state index is 0.0626. The molecule has 1 saturated heterocycles. The summed E-state index contributed by atoms with van der Waals surface area (Å²) in [4.78, 5) is 29.4. The smallest absolute Gasteiger partial charge is 0.350 e. The van der Waals surface area contributed by atoms with Gasteiger partial charge in [0, 0.05) is 25.3 Å². The Labute approximate surface area is 189 Å². The summed E-state index contributed by atoms with van der Waals surface area (Å²) in [7, 11) is 0. The van der Waals surface area contributed by atoms with Crippen LogP contribution in [0.25, 0.3) is 0 Å². The van der Waals surface area contributed by atoms with E-state index in [-0.39, 0.29) is 34.4 Å².